The minimum Gasteiger partial charge on any atom is -0.481 e. The zero-order chi connectivity index (χ0) is 10.3. The molecule has 1 amide bonds. The number of carbonyl (C=O) groups excluding carboxylic acids is 1. The van der Waals surface area contributed by atoms with E-state index in [0.29, 0.717) is 13.1 Å². The summed E-state index contributed by atoms with van der Waals surface area (Å²) in [5, 5.41) is 8.42. The molecule has 0 aliphatic carbocycles. The Kier molecular flexibility index (Phi) is 5.93. The number of carboxylic acid groups (broad SMARTS) is 1. The lowest BCUT2D eigenvalue weighted by Crippen LogP contribution is -2.33. The number of nitrogens with zero attached hydrogens (tertiary/aromatic N) is 1. The molecule has 13 heavy (non-hydrogen) atoms. The lowest BCUT2D eigenvalue weighted by molar-refractivity contribution is -0.144. The van der Waals surface area contributed by atoms with Gasteiger partial charge in [-0.1, -0.05) is 13.8 Å². The van der Waals surface area contributed by atoms with E-state index in [2.05, 4.69) is 0 Å². The van der Waals surface area contributed by atoms with E-state index in [-0.39, 0.29) is 12.3 Å². The second-order valence-electron chi connectivity index (χ2n) is 2.95. The van der Waals surface area contributed by atoms with E-state index in [0.717, 1.165) is 12.8 Å². The molecule has 0 aromatic heterocycles. The minimum atomic E-state index is -1.05. The van der Waals surface area contributed by atoms with Gasteiger partial charge in [-0.2, -0.15) is 0 Å². The summed E-state index contributed by atoms with van der Waals surface area (Å²) in [6, 6.07) is 0. The van der Waals surface area contributed by atoms with Crippen molar-refractivity contribution in [3.8, 4) is 0 Å². The van der Waals surface area contributed by atoms with E-state index in [1.807, 2.05) is 13.8 Å². The molecule has 1 N–H and O–H groups in total. The summed E-state index contributed by atoms with van der Waals surface area (Å²) in [7, 11) is 0. The van der Waals surface area contributed by atoms with Crippen molar-refractivity contribution in [1.29, 1.82) is 0 Å². The normalized spacial score (nSPS) is 9.69. The Morgan fingerprint density at radius 1 is 1.15 bits per heavy atom. The van der Waals surface area contributed by atoms with Crippen molar-refractivity contribution < 1.29 is 14.7 Å². The maximum absolute atomic E-state index is 11.3. The van der Waals surface area contributed by atoms with Crippen molar-refractivity contribution >= 4 is 11.9 Å². The first-order valence-electron chi connectivity index (χ1n) is 4.61. The molecule has 0 aliphatic rings. The highest BCUT2D eigenvalue weighted by Crippen LogP contribution is 1.98. The zero-order valence-corrected chi connectivity index (χ0v) is 8.25. The summed E-state index contributed by atoms with van der Waals surface area (Å²) in [5.74, 6) is -1.33. The van der Waals surface area contributed by atoms with E-state index < -0.39 is 5.97 Å². The van der Waals surface area contributed by atoms with E-state index in [4.69, 9.17) is 5.11 Å². The molecule has 0 atom stereocenters. The highest BCUT2D eigenvalue weighted by molar-refractivity contribution is 5.93. The van der Waals surface area contributed by atoms with Crippen molar-refractivity contribution in [2.24, 2.45) is 0 Å². The van der Waals surface area contributed by atoms with Crippen LogP contribution >= 0.6 is 0 Å². The third-order valence-corrected chi connectivity index (χ3v) is 1.64. The fraction of sp³-hybridized carbons (Fsp3) is 0.778. The molecule has 0 heterocycles. The number of carboxylic acids is 1. The van der Waals surface area contributed by atoms with Gasteiger partial charge in [-0.15, -0.1) is 0 Å². The number of hydrogen-bond acceptors (Lipinski definition) is 2. The number of hydrogen-bond donors (Lipinski definition) is 1. The van der Waals surface area contributed by atoms with Crippen molar-refractivity contribution in [3.05, 3.63) is 0 Å². The van der Waals surface area contributed by atoms with E-state index in [9.17, 15) is 9.59 Å². The van der Waals surface area contributed by atoms with Gasteiger partial charge in [0.05, 0.1) is 0 Å². The van der Waals surface area contributed by atoms with Gasteiger partial charge in [0.2, 0.25) is 5.91 Å². The molecule has 0 aromatic carbocycles. The molecule has 0 spiro atoms. The van der Waals surface area contributed by atoms with Gasteiger partial charge < -0.3 is 10.0 Å². The van der Waals surface area contributed by atoms with Gasteiger partial charge in [0, 0.05) is 13.1 Å². The maximum atomic E-state index is 11.3. The Balaban J connectivity index is 4.02. The highest BCUT2D eigenvalue weighted by Gasteiger charge is 2.14. The number of aliphatic carboxylic acids is 1. The molecular weight excluding hydrogens is 170 g/mol. The molecule has 0 aromatic rings. The Bertz CT molecular complexity index is 174. The third-order valence-electron chi connectivity index (χ3n) is 1.64. The summed E-state index contributed by atoms with van der Waals surface area (Å²) in [6.45, 7) is 5.24. The molecular formula is C9H17NO3. The van der Waals surface area contributed by atoms with Gasteiger partial charge in [0.25, 0.3) is 0 Å². The lowest BCUT2D eigenvalue weighted by atomic mass is 10.3. The highest BCUT2D eigenvalue weighted by atomic mass is 16.4. The maximum Gasteiger partial charge on any atom is 0.312 e. The molecule has 0 saturated heterocycles. The molecule has 0 fully saturated rings. The summed E-state index contributed by atoms with van der Waals surface area (Å²) < 4.78 is 0. The van der Waals surface area contributed by atoms with Crippen LogP contribution in [-0.2, 0) is 9.59 Å². The monoisotopic (exact) mass is 187 g/mol. The molecule has 0 unspecified atom stereocenters. The second-order valence-corrected chi connectivity index (χ2v) is 2.95. The predicted molar refractivity (Wildman–Crippen MR) is 49.4 cm³/mol. The Morgan fingerprint density at radius 2 is 1.62 bits per heavy atom. The molecule has 0 saturated carbocycles. The van der Waals surface area contributed by atoms with Crippen molar-refractivity contribution in [2.75, 3.05) is 13.1 Å². The van der Waals surface area contributed by atoms with E-state index in [1.165, 1.54) is 0 Å². The van der Waals surface area contributed by atoms with Crippen LogP contribution in [0.3, 0.4) is 0 Å². The lowest BCUT2D eigenvalue weighted by Gasteiger charge is -2.20. The summed E-state index contributed by atoms with van der Waals surface area (Å²) in [6.07, 6.45) is 1.34. The molecule has 0 aliphatic heterocycles. The molecule has 4 nitrogen and oxygen atoms in total. The Hall–Kier alpha value is -1.06. The molecule has 76 valence electrons. The van der Waals surface area contributed by atoms with Crippen LogP contribution in [0.4, 0.5) is 0 Å². The van der Waals surface area contributed by atoms with Crippen LogP contribution in [0.5, 0.6) is 0 Å². The van der Waals surface area contributed by atoms with Gasteiger partial charge in [-0.05, 0) is 12.8 Å². The van der Waals surface area contributed by atoms with Crippen molar-refractivity contribution in [2.45, 2.75) is 33.1 Å². The van der Waals surface area contributed by atoms with Gasteiger partial charge in [-0.3, -0.25) is 9.59 Å². The summed E-state index contributed by atoms with van der Waals surface area (Å²) in [4.78, 5) is 23.2. The second kappa shape index (κ2) is 6.46. The molecule has 4 heteroatoms. The van der Waals surface area contributed by atoms with Crippen LogP contribution in [0.25, 0.3) is 0 Å². The van der Waals surface area contributed by atoms with Crippen LogP contribution in [0.2, 0.25) is 0 Å². The summed E-state index contributed by atoms with van der Waals surface area (Å²) >= 11 is 0. The van der Waals surface area contributed by atoms with Crippen LogP contribution in [-0.4, -0.2) is 35.0 Å². The number of amides is 1. The predicted octanol–water partition coefficient (Wildman–Crippen LogP) is 1.11. The average molecular weight is 187 g/mol. The van der Waals surface area contributed by atoms with Gasteiger partial charge >= 0.3 is 5.97 Å². The SMILES string of the molecule is CCCN(CCC)C(=O)CC(=O)O. The van der Waals surface area contributed by atoms with Crippen LogP contribution < -0.4 is 0 Å². The topological polar surface area (TPSA) is 57.6 Å². The van der Waals surface area contributed by atoms with Gasteiger partial charge in [0.15, 0.2) is 0 Å². The zero-order valence-electron chi connectivity index (χ0n) is 8.25. The van der Waals surface area contributed by atoms with E-state index >= 15 is 0 Å². The number of carbonyl (C=O) groups is 2. The first-order valence-corrected chi connectivity index (χ1v) is 4.61. The molecule has 0 radical (unpaired) electrons. The Morgan fingerprint density at radius 3 is 1.92 bits per heavy atom. The molecule has 0 rings (SSSR count). The summed E-state index contributed by atoms with van der Waals surface area (Å²) in [5.41, 5.74) is 0. The standard InChI is InChI=1S/C9H17NO3/c1-3-5-10(6-4-2)8(11)7-9(12)13/h3-7H2,1-2H3,(H,12,13). The first-order chi connectivity index (χ1) is 6.11. The van der Waals surface area contributed by atoms with Crippen LogP contribution in [0, 0.1) is 0 Å². The van der Waals surface area contributed by atoms with Gasteiger partial charge in [-0.25, -0.2) is 0 Å². The van der Waals surface area contributed by atoms with Crippen molar-refractivity contribution in [1.82, 2.24) is 4.90 Å². The average Bonchev–Trinajstić information content (AvgIpc) is 2.02. The fourth-order valence-corrected chi connectivity index (χ4v) is 1.14. The van der Waals surface area contributed by atoms with Crippen LogP contribution in [0.1, 0.15) is 33.1 Å². The van der Waals surface area contributed by atoms with Crippen molar-refractivity contribution in [3.63, 3.8) is 0 Å². The fourth-order valence-electron chi connectivity index (χ4n) is 1.14. The first kappa shape index (κ1) is 11.9. The Labute approximate surface area is 78.5 Å². The van der Waals surface area contributed by atoms with E-state index in [1.54, 1.807) is 4.90 Å². The molecule has 0 bridgehead atoms. The number of rotatable bonds is 6. The quantitative estimate of drug-likeness (QED) is 0.634. The van der Waals surface area contributed by atoms with Crippen LogP contribution in [0.15, 0.2) is 0 Å². The van der Waals surface area contributed by atoms with Gasteiger partial charge in [0.1, 0.15) is 6.42 Å². The minimum absolute atomic E-state index is 0.281. The third kappa shape index (κ3) is 5.22. The smallest absolute Gasteiger partial charge is 0.312 e. The largest absolute Gasteiger partial charge is 0.481 e.